The van der Waals surface area contributed by atoms with E-state index in [9.17, 15) is 19.2 Å². The predicted molar refractivity (Wildman–Crippen MR) is 119 cm³/mol. The van der Waals surface area contributed by atoms with Crippen LogP contribution >= 0.6 is 0 Å². The summed E-state index contributed by atoms with van der Waals surface area (Å²) in [7, 11) is 0. The van der Waals surface area contributed by atoms with Crippen LogP contribution in [0.15, 0.2) is 42.5 Å². The molecule has 0 radical (unpaired) electrons. The van der Waals surface area contributed by atoms with Crippen molar-refractivity contribution in [3.63, 3.8) is 0 Å². The summed E-state index contributed by atoms with van der Waals surface area (Å²) in [6.45, 7) is 4.99. The molecule has 0 heterocycles. The maximum absolute atomic E-state index is 11.3. The maximum Gasteiger partial charge on any atom is 0.308 e. The van der Waals surface area contributed by atoms with Gasteiger partial charge < -0.3 is 18.9 Å². The number of benzene rings is 2. The van der Waals surface area contributed by atoms with Gasteiger partial charge in [0.05, 0.1) is 0 Å². The van der Waals surface area contributed by atoms with Crippen LogP contribution in [0.5, 0.6) is 23.0 Å². The lowest BCUT2D eigenvalue weighted by atomic mass is 10.1. The van der Waals surface area contributed by atoms with E-state index in [0.29, 0.717) is 17.5 Å². The Morgan fingerprint density at radius 1 is 0.697 bits per heavy atom. The summed E-state index contributed by atoms with van der Waals surface area (Å²) < 4.78 is 20.2. The number of hydrogen-bond donors (Lipinski definition) is 0. The van der Waals surface area contributed by atoms with E-state index >= 15 is 0 Å². The van der Waals surface area contributed by atoms with Crippen LogP contribution in [0.4, 0.5) is 0 Å². The first-order valence-corrected chi connectivity index (χ1v) is 9.81. The highest BCUT2D eigenvalue weighted by Crippen LogP contribution is 2.30. The Hall–Kier alpha value is -4.38. The average molecular weight is 450 g/mol. The minimum absolute atomic E-state index is 0.103. The summed E-state index contributed by atoms with van der Waals surface area (Å²) in [6.07, 6.45) is 3.96. The van der Waals surface area contributed by atoms with Crippen molar-refractivity contribution in [2.24, 2.45) is 0 Å². The third-order valence-electron chi connectivity index (χ3n) is 3.69. The van der Waals surface area contributed by atoms with Gasteiger partial charge in [0.2, 0.25) is 0 Å². The molecule has 0 amide bonds. The number of esters is 4. The molecule has 0 spiro atoms. The molecule has 8 nitrogen and oxygen atoms in total. The van der Waals surface area contributed by atoms with Crippen LogP contribution in [0.25, 0.3) is 6.08 Å². The highest BCUT2D eigenvalue weighted by molar-refractivity contribution is 5.75. The molecule has 2 aromatic rings. The topological polar surface area (TPSA) is 105 Å². The highest BCUT2D eigenvalue weighted by Gasteiger charge is 2.11. The smallest absolute Gasteiger partial charge is 0.308 e. The van der Waals surface area contributed by atoms with E-state index in [1.54, 1.807) is 30.4 Å². The lowest BCUT2D eigenvalue weighted by Crippen LogP contribution is -2.07. The third-order valence-corrected chi connectivity index (χ3v) is 3.69. The molecule has 0 aliphatic rings. The van der Waals surface area contributed by atoms with Gasteiger partial charge in [-0.25, -0.2) is 0 Å². The van der Waals surface area contributed by atoms with Crippen LogP contribution in [0.1, 0.15) is 45.2 Å². The van der Waals surface area contributed by atoms with Gasteiger partial charge in [0.15, 0.2) is 23.0 Å². The first kappa shape index (κ1) is 24.9. The molecule has 0 atom stereocenters. The van der Waals surface area contributed by atoms with Crippen LogP contribution in [0.3, 0.4) is 0 Å². The summed E-state index contributed by atoms with van der Waals surface area (Å²) >= 11 is 0. The van der Waals surface area contributed by atoms with Gasteiger partial charge in [-0.15, -0.1) is 0 Å². The normalized spacial score (nSPS) is 10.1. The van der Waals surface area contributed by atoms with Crippen molar-refractivity contribution < 1.29 is 38.1 Å². The Morgan fingerprint density at radius 2 is 1.18 bits per heavy atom. The largest absolute Gasteiger partial charge is 0.423 e. The maximum atomic E-state index is 11.3. The molecular weight excluding hydrogens is 428 g/mol. The molecule has 0 fully saturated rings. The molecule has 2 rings (SSSR count). The van der Waals surface area contributed by atoms with Gasteiger partial charge in [0, 0.05) is 45.7 Å². The SMILES string of the molecule is CC(=O)Oc1ccc(C#CC/C=C/c2ccc(OC(C)=O)c(OC(C)=O)c2)cc1OC(C)=O. The van der Waals surface area contributed by atoms with Crippen molar-refractivity contribution in [3.05, 3.63) is 53.6 Å². The standard InChI is InChI=1S/C25H22O8/c1-16(26)30-22-12-10-20(14-24(22)32-18(3)28)8-6-5-7-9-21-11-13-23(31-17(2)27)25(15-21)33-19(4)29/h6,8,10-15H,5H2,1-4H3/b8-6+. The van der Waals surface area contributed by atoms with Gasteiger partial charge in [-0.3, -0.25) is 19.2 Å². The van der Waals surface area contributed by atoms with Crippen LogP contribution in [0, 0.1) is 11.8 Å². The van der Waals surface area contributed by atoms with Crippen molar-refractivity contribution in [3.8, 4) is 34.8 Å². The van der Waals surface area contributed by atoms with Crippen molar-refractivity contribution in [2.75, 3.05) is 0 Å². The van der Waals surface area contributed by atoms with Crippen molar-refractivity contribution in [1.29, 1.82) is 0 Å². The number of carbonyl (C=O) groups excluding carboxylic acids is 4. The van der Waals surface area contributed by atoms with E-state index in [4.69, 9.17) is 18.9 Å². The van der Waals surface area contributed by atoms with Crippen LogP contribution in [-0.2, 0) is 19.2 Å². The molecule has 8 heteroatoms. The van der Waals surface area contributed by atoms with E-state index < -0.39 is 23.9 Å². The van der Waals surface area contributed by atoms with E-state index in [-0.39, 0.29) is 23.0 Å². The van der Waals surface area contributed by atoms with Crippen LogP contribution in [-0.4, -0.2) is 23.9 Å². The lowest BCUT2D eigenvalue weighted by Gasteiger charge is -2.09. The molecule has 0 aliphatic carbocycles. The summed E-state index contributed by atoms with van der Waals surface area (Å²) in [5, 5.41) is 0. The minimum Gasteiger partial charge on any atom is -0.423 e. The Kier molecular flexibility index (Phi) is 8.95. The average Bonchev–Trinajstić information content (AvgIpc) is 2.70. The fourth-order valence-corrected chi connectivity index (χ4v) is 2.57. The molecule has 33 heavy (non-hydrogen) atoms. The third kappa shape index (κ3) is 8.71. The molecule has 0 unspecified atom stereocenters. The second kappa shape index (κ2) is 11.9. The van der Waals surface area contributed by atoms with Crippen LogP contribution < -0.4 is 18.9 Å². The fraction of sp³-hybridized carbons (Fsp3) is 0.200. The quantitative estimate of drug-likeness (QED) is 0.371. The predicted octanol–water partition coefficient (Wildman–Crippen LogP) is 3.84. The Labute approximate surface area is 191 Å². The molecule has 0 saturated carbocycles. The van der Waals surface area contributed by atoms with Gasteiger partial charge >= 0.3 is 23.9 Å². The summed E-state index contributed by atoms with van der Waals surface area (Å²) in [5.74, 6) is 4.25. The molecule has 0 aliphatic heterocycles. The molecule has 0 bridgehead atoms. The van der Waals surface area contributed by atoms with Gasteiger partial charge in [-0.1, -0.05) is 30.1 Å². The second-order valence-electron chi connectivity index (χ2n) is 6.65. The molecule has 170 valence electrons. The molecule has 2 aromatic carbocycles. The molecular formula is C25H22O8. The number of allylic oxidation sites excluding steroid dienone is 1. The van der Waals surface area contributed by atoms with Gasteiger partial charge in [0.25, 0.3) is 0 Å². The van der Waals surface area contributed by atoms with Crippen molar-refractivity contribution in [2.45, 2.75) is 34.1 Å². The first-order valence-electron chi connectivity index (χ1n) is 9.81. The number of hydrogen-bond acceptors (Lipinski definition) is 8. The molecule has 0 saturated heterocycles. The number of ether oxygens (including phenoxy) is 4. The van der Waals surface area contributed by atoms with Gasteiger partial charge in [-0.2, -0.15) is 0 Å². The lowest BCUT2D eigenvalue weighted by molar-refractivity contribution is -0.134. The van der Waals surface area contributed by atoms with Crippen LogP contribution in [0.2, 0.25) is 0 Å². The fourth-order valence-electron chi connectivity index (χ4n) is 2.57. The molecule has 0 N–H and O–H groups in total. The van der Waals surface area contributed by atoms with Crippen molar-refractivity contribution >= 4 is 30.0 Å². The number of carbonyl (C=O) groups is 4. The summed E-state index contributed by atoms with van der Waals surface area (Å²) in [6, 6.07) is 9.46. The van der Waals surface area contributed by atoms with Gasteiger partial charge in [-0.05, 0) is 29.8 Å². The van der Waals surface area contributed by atoms with Crippen molar-refractivity contribution in [1.82, 2.24) is 0 Å². The minimum atomic E-state index is -0.552. The zero-order chi connectivity index (χ0) is 24.4. The Morgan fingerprint density at radius 3 is 1.73 bits per heavy atom. The van der Waals surface area contributed by atoms with E-state index in [2.05, 4.69) is 11.8 Å². The van der Waals surface area contributed by atoms with E-state index in [0.717, 1.165) is 0 Å². The van der Waals surface area contributed by atoms with Gasteiger partial charge in [0.1, 0.15) is 0 Å². The molecule has 0 aromatic heterocycles. The summed E-state index contributed by atoms with van der Waals surface area (Å²) in [5.41, 5.74) is 1.28. The van der Waals surface area contributed by atoms with E-state index in [1.165, 1.54) is 45.9 Å². The highest BCUT2D eigenvalue weighted by atomic mass is 16.6. The Bertz CT molecular complexity index is 1160. The second-order valence-corrected chi connectivity index (χ2v) is 6.65. The summed E-state index contributed by atoms with van der Waals surface area (Å²) in [4.78, 5) is 45.0. The zero-order valence-corrected chi connectivity index (χ0v) is 18.6. The Balaban J connectivity index is 2.12. The van der Waals surface area contributed by atoms with E-state index in [1.807, 2.05) is 0 Å². The monoisotopic (exact) mass is 450 g/mol. The number of rotatable bonds is 6. The zero-order valence-electron chi connectivity index (χ0n) is 18.6. The first-order chi connectivity index (χ1) is 15.6.